The van der Waals surface area contributed by atoms with E-state index in [0.717, 1.165) is 5.01 Å². The summed E-state index contributed by atoms with van der Waals surface area (Å²) < 4.78 is 0. The molecule has 0 aliphatic carbocycles. The number of rotatable bonds is 5. The van der Waals surface area contributed by atoms with Crippen LogP contribution in [0.15, 0.2) is 35.6 Å². The lowest BCUT2D eigenvalue weighted by Gasteiger charge is -2.11. The molecule has 82 valence electrons. The first kappa shape index (κ1) is 11.7. The highest BCUT2D eigenvalue weighted by atomic mass is 16.3. The summed E-state index contributed by atoms with van der Waals surface area (Å²) in [6, 6.07) is 10.3. The van der Waals surface area contributed by atoms with Crippen molar-refractivity contribution in [3.05, 3.63) is 40.8 Å². The van der Waals surface area contributed by atoms with Crippen LogP contribution in [0.4, 0.5) is 0 Å². The molecule has 0 aliphatic heterocycles. The first-order valence-electron chi connectivity index (χ1n) is 4.56. The Hall–Kier alpha value is -2.42. The first-order chi connectivity index (χ1) is 7.77. The van der Waals surface area contributed by atoms with Gasteiger partial charge in [0.1, 0.15) is 13.2 Å². The zero-order chi connectivity index (χ0) is 11.8. The van der Waals surface area contributed by atoms with E-state index in [1.807, 2.05) is 0 Å². The van der Waals surface area contributed by atoms with E-state index in [4.69, 9.17) is 5.26 Å². The lowest BCUT2D eigenvalue weighted by atomic mass is 10.2. The van der Waals surface area contributed by atoms with Crippen LogP contribution in [-0.2, 0) is 0 Å². The molecule has 16 heavy (non-hydrogen) atoms. The molecule has 0 fully saturated rings. The highest BCUT2D eigenvalue weighted by Gasteiger charge is 2.06. The third-order valence-electron chi connectivity index (χ3n) is 1.83. The van der Waals surface area contributed by atoms with Gasteiger partial charge in [-0.25, -0.2) is 5.01 Å². The zero-order valence-electron chi connectivity index (χ0n) is 8.46. The number of nitroso groups, excluding NO2 is 1. The highest BCUT2D eigenvalue weighted by molar-refractivity contribution is 5.94. The lowest BCUT2D eigenvalue weighted by molar-refractivity contribution is 0.0927. The van der Waals surface area contributed by atoms with Crippen LogP contribution in [0.25, 0.3) is 0 Å². The second-order valence-corrected chi connectivity index (χ2v) is 2.93. The van der Waals surface area contributed by atoms with E-state index in [2.05, 4.69) is 10.6 Å². The number of benzene rings is 1. The maximum Gasteiger partial charge on any atom is 0.252 e. The van der Waals surface area contributed by atoms with E-state index in [1.165, 1.54) is 0 Å². The van der Waals surface area contributed by atoms with Gasteiger partial charge >= 0.3 is 0 Å². The number of amides is 1. The molecule has 1 N–H and O–H groups in total. The predicted molar refractivity (Wildman–Crippen MR) is 56.9 cm³/mol. The van der Waals surface area contributed by atoms with Crippen LogP contribution < -0.4 is 5.32 Å². The van der Waals surface area contributed by atoms with Crippen molar-refractivity contribution in [2.45, 2.75) is 0 Å². The highest BCUT2D eigenvalue weighted by Crippen LogP contribution is 1.97. The van der Waals surface area contributed by atoms with Crippen molar-refractivity contribution in [1.82, 2.24) is 10.3 Å². The Balaban J connectivity index is 2.47. The van der Waals surface area contributed by atoms with Crippen LogP contribution in [0.3, 0.4) is 0 Å². The molecule has 0 radical (unpaired) electrons. The molecular formula is C10H10N4O2. The van der Waals surface area contributed by atoms with Gasteiger partial charge in [-0.05, 0) is 12.1 Å². The van der Waals surface area contributed by atoms with Crippen LogP contribution in [0, 0.1) is 16.2 Å². The third-order valence-corrected chi connectivity index (χ3v) is 1.83. The van der Waals surface area contributed by atoms with Gasteiger partial charge < -0.3 is 5.32 Å². The van der Waals surface area contributed by atoms with Crippen molar-refractivity contribution in [2.75, 3.05) is 13.2 Å². The molecule has 0 unspecified atom stereocenters. The summed E-state index contributed by atoms with van der Waals surface area (Å²) >= 11 is 0. The van der Waals surface area contributed by atoms with Crippen molar-refractivity contribution in [1.29, 1.82) is 5.26 Å². The maximum atomic E-state index is 11.5. The summed E-state index contributed by atoms with van der Waals surface area (Å²) in [6.45, 7) is -0.233. The number of nitrogens with zero attached hydrogens (tertiary/aromatic N) is 3. The summed E-state index contributed by atoms with van der Waals surface area (Å²) in [5, 5.41) is 14.3. The summed E-state index contributed by atoms with van der Waals surface area (Å²) in [4.78, 5) is 21.7. The minimum absolute atomic E-state index is 0.0786. The van der Waals surface area contributed by atoms with Crippen LogP contribution in [-0.4, -0.2) is 24.1 Å². The van der Waals surface area contributed by atoms with Gasteiger partial charge in [0, 0.05) is 5.56 Å². The standard InChI is InChI=1S/C10H10N4O2/c11-6-7-14(13-16)8-12-10(15)9-4-2-1-3-5-9/h1-5H,7-8H2,(H,12,15). The molecular weight excluding hydrogens is 208 g/mol. The molecule has 1 amide bonds. The van der Waals surface area contributed by atoms with E-state index in [0.29, 0.717) is 5.56 Å². The number of carbonyl (C=O) groups is 1. The number of nitriles is 1. The van der Waals surface area contributed by atoms with Gasteiger partial charge in [0.15, 0.2) is 0 Å². The first-order valence-corrected chi connectivity index (χ1v) is 4.56. The van der Waals surface area contributed by atoms with Crippen molar-refractivity contribution >= 4 is 5.91 Å². The average Bonchev–Trinajstić information content (AvgIpc) is 2.35. The quantitative estimate of drug-likeness (QED) is 0.344. The Morgan fingerprint density at radius 1 is 1.44 bits per heavy atom. The van der Waals surface area contributed by atoms with Gasteiger partial charge in [0.05, 0.1) is 11.4 Å². The second-order valence-electron chi connectivity index (χ2n) is 2.93. The molecule has 0 saturated heterocycles. The van der Waals surface area contributed by atoms with Crippen molar-refractivity contribution in [3.63, 3.8) is 0 Å². The Labute approximate surface area is 92.4 Å². The number of nitrogens with one attached hydrogen (secondary N) is 1. The Kier molecular flexibility index (Phi) is 4.47. The SMILES string of the molecule is N#CCN(CNC(=O)c1ccccc1)N=O. The molecule has 0 saturated carbocycles. The molecule has 1 rings (SSSR count). The fraction of sp³-hybridized carbons (Fsp3) is 0.200. The minimum Gasteiger partial charge on any atom is -0.333 e. The van der Waals surface area contributed by atoms with Crippen molar-refractivity contribution < 1.29 is 4.79 Å². The van der Waals surface area contributed by atoms with E-state index in [9.17, 15) is 9.70 Å². The monoisotopic (exact) mass is 218 g/mol. The van der Waals surface area contributed by atoms with Crippen LogP contribution in [0.1, 0.15) is 10.4 Å². The van der Waals surface area contributed by atoms with Gasteiger partial charge in [0.2, 0.25) is 0 Å². The van der Waals surface area contributed by atoms with E-state index < -0.39 is 0 Å². The van der Waals surface area contributed by atoms with Gasteiger partial charge in [-0.15, -0.1) is 4.91 Å². The largest absolute Gasteiger partial charge is 0.333 e. The molecule has 0 spiro atoms. The molecule has 0 aliphatic rings. The molecule has 1 aromatic rings. The van der Waals surface area contributed by atoms with Crippen molar-refractivity contribution in [2.24, 2.45) is 5.29 Å². The maximum absolute atomic E-state index is 11.5. The van der Waals surface area contributed by atoms with E-state index >= 15 is 0 Å². The Bertz CT molecular complexity index is 399. The minimum atomic E-state index is -0.313. The van der Waals surface area contributed by atoms with Crippen molar-refractivity contribution in [3.8, 4) is 6.07 Å². The van der Waals surface area contributed by atoms with Gasteiger partial charge in [0.25, 0.3) is 5.91 Å². The lowest BCUT2D eigenvalue weighted by Crippen LogP contribution is -2.34. The Morgan fingerprint density at radius 2 is 2.12 bits per heavy atom. The van der Waals surface area contributed by atoms with Crippen LogP contribution in [0.5, 0.6) is 0 Å². The third kappa shape index (κ3) is 3.38. The van der Waals surface area contributed by atoms with Gasteiger partial charge in [-0.2, -0.15) is 5.26 Å². The average molecular weight is 218 g/mol. The van der Waals surface area contributed by atoms with Crippen LogP contribution in [0.2, 0.25) is 0 Å². The fourth-order valence-corrected chi connectivity index (χ4v) is 1.05. The molecule has 0 heterocycles. The molecule has 0 bridgehead atoms. The molecule has 6 heteroatoms. The topological polar surface area (TPSA) is 85.6 Å². The summed E-state index contributed by atoms with van der Waals surface area (Å²) in [5.74, 6) is -0.313. The molecule has 6 nitrogen and oxygen atoms in total. The van der Waals surface area contributed by atoms with Crippen LogP contribution >= 0.6 is 0 Å². The Morgan fingerprint density at radius 3 is 2.69 bits per heavy atom. The van der Waals surface area contributed by atoms with Gasteiger partial charge in [-0.3, -0.25) is 4.79 Å². The predicted octanol–water partition coefficient (Wildman–Crippen LogP) is 0.881. The molecule has 1 aromatic carbocycles. The summed E-state index contributed by atoms with van der Waals surface area (Å²) in [7, 11) is 0. The fourth-order valence-electron chi connectivity index (χ4n) is 1.05. The normalized spacial score (nSPS) is 8.94. The molecule has 0 atom stereocenters. The summed E-state index contributed by atoms with van der Waals surface area (Å²) in [5.41, 5.74) is 0.491. The number of hydrogen-bond donors (Lipinski definition) is 1. The van der Waals surface area contributed by atoms with Gasteiger partial charge in [-0.1, -0.05) is 18.2 Å². The summed E-state index contributed by atoms with van der Waals surface area (Å²) in [6.07, 6.45) is 0. The smallest absolute Gasteiger partial charge is 0.252 e. The second kappa shape index (κ2) is 6.14. The van der Waals surface area contributed by atoms with E-state index in [1.54, 1.807) is 36.4 Å². The molecule has 0 aromatic heterocycles. The number of carbonyl (C=O) groups excluding carboxylic acids is 1. The number of hydrogen-bond acceptors (Lipinski definition) is 4. The van der Waals surface area contributed by atoms with E-state index in [-0.39, 0.29) is 19.1 Å². The zero-order valence-corrected chi connectivity index (χ0v) is 8.46.